The molecule has 0 atom stereocenters. The standard InChI is InChI=1S/C13H17N3O4S/c1-8(2)12-15-13(20-16-12)10-7-9(21(17,18)14-3)5-6-11(10)19-4/h5-8,14H,1-4H3. The van der Waals surface area contributed by atoms with E-state index in [1.807, 2.05) is 13.8 Å². The quantitative estimate of drug-likeness (QED) is 0.904. The van der Waals surface area contributed by atoms with Gasteiger partial charge in [0, 0.05) is 5.92 Å². The van der Waals surface area contributed by atoms with E-state index in [-0.39, 0.29) is 16.7 Å². The third-order valence-electron chi connectivity index (χ3n) is 2.94. The van der Waals surface area contributed by atoms with E-state index in [2.05, 4.69) is 14.9 Å². The molecule has 0 bridgehead atoms. The molecular weight excluding hydrogens is 294 g/mol. The van der Waals surface area contributed by atoms with Gasteiger partial charge in [-0.15, -0.1) is 0 Å². The minimum Gasteiger partial charge on any atom is -0.496 e. The molecule has 1 N–H and O–H groups in total. The van der Waals surface area contributed by atoms with Crippen LogP contribution in [-0.4, -0.2) is 32.7 Å². The number of nitrogens with zero attached hydrogens (tertiary/aromatic N) is 2. The van der Waals surface area contributed by atoms with Crippen molar-refractivity contribution in [1.29, 1.82) is 0 Å². The molecule has 0 aliphatic rings. The van der Waals surface area contributed by atoms with Crippen LogP contribution in [0.2, 0.25) is 0 Å². The number of nitrogens with one attached hydrogen (secondary N) is 1. The predicted molar refractivity (Wildman–Crippen MR) is 76.6 cm³/mol. The first kappa shape index (κ1) is 15.5. The van der Waals surface area contributed by atoms with Crippen LogP contribution in [0.4, 0.5) is 0 Å². The summed E-state index contributed by atoms with van der Waals surface area (Å²) in [6, 6.07) is 4.45. The lowest BCUT2D eigenvalue weighted by Gasteiger charge is -2.08. The smallest absolute Gasteiger partial charge is 0.261 e. The number of ether oxygens (including phenoxy) is 1. The minimum absolute atomic E-state index is 0.102. The summed E-state index contributed by atoms with van der Waals surface area (Å²) in [6.07, 6.45) is 0. The molecule has 21 heavy (non-hydrogen) atoms. The third-order valence-corrected chi connectivity index (χ3v) is 4.35. The zero-order valence-corrected chi connectivity index (χ0v) is 13.1. The van der Waals surface area contributed by atoms with E-state index in [1.54, 1.807) is 6.07 Å². The molecule has 0 fully saturated rings. The summed E-state index contributed by atoms with van der Waals surface area (Å²) >= 11 is 0. The van der Waals surface area contributed by atoms with Gasteiger partial charge >= 0.3 is 0 Å². The predicted octanol–water partition coefficient (Wildman–Crippen LogP) is 1.78. The number of hydrogen-bond acceptors (Lipinski definition) is 6. The maximum absolute atomic E-state index is 11.9. The summed E-state index contributed by atoms with van der Waals surface area (Å²) in [5.74, 6) is 1.35. The molecule has 7 nitrogen and oxygen atoms in total. The van der Waals surface area contributed by atoms with Crippen molar-refractivity contribution in [2.24, 2.45) is 0 Å². The Hall–Kier alpha value is -1.93. The van der Waals surface area contributed by atoms with Crippen molar-refractivity contribution >= 4 is 10.0 Å². The van der Waals surface area contributed by atoms with Gasteiger partial charge in [-0.1, -0.05) is 19.0 Å². The molecule has 1 aromatic carbocycles. The Morgan fingerprint density at radius 3 is 2.57 bits per heavy atom. The molecule has 114 valence electrons. The molecule has 0 aliphatic carbocycles. The normalized spacial score (nSPS) is 11.9. The van der Waals surface area contributed by atoms with Gasteiger partial charge in [-0.2, -0.15) is 4.98 Å². The van der Waals surface area contributed by atoms with Crippen LogP contribution in [0, 0.1) is 0 Å². The van der Waals surface area contributed by atoms with Crippen molar-refractivity contribution in [3.05, 3.63) is 24.0 Å². The SMILES string of the molecule is CNS(=O)(=O)c1ccc(OC)c(-c2nc(C(C)C)no2)c1. The van der Waals surface area contributed by atoms with Gasteiger partial charge in [0.15, 0.2) is 5.82 Å². The van der Waals surface area contributed by atoms with Gasteiger partial charge in [0.25, 0.3) is 5.89 Å². The summed E-state index contributed by atoms with van der Waals surface area (Å²) in [6.45, 7) is 3.88. The summed E-state index contributed by atoms with van der Waals surface area (Å²) in [5, 5.41) is 3.87. The van der Waals surface area contributed by atoms with Gasteiger partial charge in [-0.05, 0) is 25.2 Å². The fourth-order valence-corrected chi connectivity index (χ4v) is 2.47. The van der Waals surface area contributed by atoms with Crippen LogP contribution in [-0.2, 0) is 10.0 Å². The van der Waals surface area contributed by atoms with Gasteiger partial charge in [0.05, 0.1) is 17.6 Å². The van der Waals surface area contributed by atoms with Gasteiger partial charge in [-0.3, -0.25) is 0 Å². The molecule has 8 heteroatoms. The molecule has 2 aromatic rings. The van der Waals surface area contributed by atoms with Crippen molar-refractivity contribution in [2.75, 3.05) is 14.2 Å². The molecule has 2 rings (SSSR count). The molecule has 0 radical (unpaired) electrons. The average molecular weight is 311 g/mol. The number of benzene rings is 1. The van der Waals surface area contributed by atoms with E-state index in [0.717, 1.165) is 0 Å². The number of rotatable bonds is 5. The first-order valence-corrected chi connectivity index (χ1v) is 7.83. The summed E-state index contributed by atoms with van der Waals surface area (Å²) < 4.78 is 36.4. The van der Waals surface area contributed by atoms with E-state index in [9.17, 15) is 8.42 Å². The third kappa shape index (κ3) is 3.06. The van der Waals surface area contributed by atoms with Gasteiger partial charge in [-0.25, -0.2) is 13.1 Å². The second kappa shape index (κ2) is 5.82. The molecule has 0 unspecified atom stereocenters. The maximum Gasteiger partial charge on any atom is 0.261 e. The Bertz CT molecular complexity index is 738. The zero-order chi connectivity index (χ0) is 15.6. The van der Waals surface area contributed by atoms with Crippen molar-refractivity contribution in [3.8, 4) is 17.2 Å². The van der Waals surface area contributed by atoms with Crippen molar-refractivity contribution in [2.45, 2.75) is 24.7 Å². The first-order chi connectivity index (χ1) is 9.89. The van der Waals surface area contributed by atoms with Crippen LogP contribution < -0.4 is 9.46 Å². The number of hydrogen-bond donors (Lipinski definition) is 1. The Labute approximate surface area is 123 Å². The highest BCUT2D eigenvalue weighted by Crippen LogP contribution is 2.31. The van der Waals surface area contributed by atoms with Crippen LogP contribution in [0.15, 0.2) is 27.6 Å². The average Bonchev–Trinajstić information content (AvgIpc) is 2.96. The van der Waals surface area contributed by atoms with Gasteiger partial charge in [0.1, 0.15) is 5.75 Å². The fraction of sp³-hybridized carbons (Fsp3) is 0.385. The van der Waals surface area contributed by atoms with E-state index in [0.29, 0.717) is 17.1 Å². The lowest BCUT2D eigenvalue weighted by Crippen LogP contribution is -2.18. The molecule has 1 heterocycles. The fourth-order valence-electron chi connectivity index (χ4n) is 1.72. The van der Waals surface area contributed by atoms with Gasteiger partial charge < -0.3 is 9.26 Å². The maximum atomic E-state index is 11.9. The van der Waals surface area contributed by atoms with Crippen LogP contribution in [0.1, 0.15) is 25.6 Å². The molecule has 0 saturated carbocycles. The highest BCUT2D eigenvalue weighted by molar-refractivity contribution is 7.89. The van der Waals surface area contributed by atoms with E-state index in [1.165, 1.54) is 26.3 Å². The second-order valence-corrected chi connectivity index (χ2v) is 6.57. The Balaban J connectivity index is 2.57. The van der Waals surface area contributed by atoms with Crippen molar-refractivity contribution < 1.29 is 17.7 Å². The lowest BCUT2D eigenvalue weighted by atomic mass is 10.2. The van der Waals surface area contributed by atoms with Crippen molar-refractivity contribution in [1.82, 2.24) is 14.9 Å². The van der Waals surface area contributed by atoms with Crippen molar-refractivity contribution in [3.63, 3.8) is 0 Å². The highest BCUT2D eigenvalue weighted by Gasteiger charge is 2.19. The first-order valence-electron chi connectivity index (χ1n) is 6.34. The number of aromatic nitrogens is 2. The molecule has 1 aromatic heterocycles. The van der Waals surface area contributed by atoms with Gasteiger partial charge in [0.2, 0.25) is 10.0 Å². The highest BCUT2D eigenvalue weighted by atomic mass is 32.2. The summed E-state index contributed by atoms with van der Waals surface area (Å²) in [4.78, 5) is 4.37. The zero-order valence-electron chi connectivity index (χ0n) is 12.2. The monoisotopic (exact) mass is 311 g/mol. The van der Waals surface area contributed by atoms with E-state index in [4.69, 9.17) is 9.26 Å². The second-order valence-electron chi connectivity index (χ2n) is 4.68. The minimum atomic E-state index is -3.56. The van der Waals surface area contributed by atoms with Crippen LogP contribution >= 0.6 is 0 Å². The van der Waals surface area contributed by atoms with Crippen LogP contribution in [0.25, 0.3) is 11.5 Å². The van der Waals surface area contributed by atoms with Crippen LogP contribution in [0.5, 0.6) is 5.75 Å². The molecule has 0 spiro atoms. The Morgan fingerprint density at radius 2 is 2.05 bits per heavy atom. The van der Waals surface area contributed by atoms with Crippen LogP contribution in [0.3, 0.4) is 0 Å². The number of sulfonamides is 1. The molecule has 0 aliphatic heterocycles. The number of methoxy groups -OCH3 is 1. The topological polar surface area (TPSA) is 94.3 Å². The largest absolute Gasteiger partial charge is 0.496 e. The Morgan fingerprint density at radius 1 is 1.33 bits per heavy atom. The Kier molecular flexibility index (Phi) is 4.29. The summed E-state index contributed by atoms with van der Waals surface area (Å²) in [7, 11) is -0.718. The molecular formula is C13H17N3O4S. The molecule has 0 saturated heterocycles. The van der Waals surface area contributed by atoms with E-state index < -0.39 is 10.0 Å². The molecule has 0 amide bonds. The lowest BCUT2D eigenvalue weighted by molar-refractivity contribution is 0.401. The van der Waals surface area contributed by atoms with E-state index >= 15 is 0 Å². The summed E-state index contributed by atoms with van der Waals surface area (Å²) in [5.41, 5.74) is 0.438.